The molecule has 2 N–H and O–H groups in total. The normalized spacial score (nSPS) is 13.5. The summed E-state index contributed by atoms with van der Waals surface area (Å²) in [6.07, 6.45) is -7.35. The zero-order chi connectivity index (χ0) is 13.4. The Morgan fingerprint density at radius 3 is 2.29 bits per heavy atom. The Morgan fingerprint density at radius 1 is 1.35 bits per heavy atom. The summed E-state index contributed by atoms with van der Waals surface area (Å²) in [5, 5.41) is 17.6. The second kappa shape index (κ2) is 4.61. The van der Waals surface area contributed by atoms with Crippen molar-refractivity contribution in [1.82, 2.24) is 0 Å². The molecule has 8 heteroatoms. The molecule has 0 saturated carbocycles. The zero-order valence-electron chi connectivity index (χ0n) is 7.92. The molecule has 0 radical (unpaired) electrons. The molecule has 0 aromatic heterocycles. The van der Waals surface area contributed by atoms with Gasteiger partial charge in [0, 0.05) is 5.56 Å². The minimum atomic E-state index is -4.98. The van der Waals surface area contributed by atoms with Gasteiger partial charge in [-0.15, -0.1) is 0 Å². The van der Waals surface area contributed by atoms with Crippen LogP contribution in [0, 0.1) is 5.82 Å². The third kappa shape index (κ3) is 2.75. The third-order valence-corrected chi connectivity index (χ3v) is 2.71. The molecule has 3 nitrogen and oxygen atoms in total. The van der Waals surface area contributed by atoms with Crippen molar-refractivity contribution in [3.05, 3.63) is 33.5 Å². The van der Waals surface area contributed by atoms with Gasteiger partial charge in [-0.25, -0.2) is 9.18 Å². The second-order valence-electron chi connectivity index (χ2n) is 3.06. The summed E-state index contributed by atoms with van der Waals surface area (Å²) in [6, 6.07) is 1.22. The van der Waals surface area contributed by atoms with Crippen molar-refractivity contribution in [1.29, 1.82) is 0 Å². The van der Waals surface area contributed by atoms with Gasteiger partial charge in [0.05, 0.1) is 10.0 Å². The van der Waals surface area contributed by atoms with Gasteiger partial charge in [-0.1, -0.05) is 6.07 Å². The fourth-order valence-corrected chi connectivity index (χ4v) is 1.80. The summed E-state index contributed by atoms with van der Waals surface area (Å²) < 4.78 is 49.9. The van der Waals surface area contributed by atoms with E-state index in [0.29, 0.717) is 12.1 Å². The molecular weight excluding hydrogens is 312 g/mol. The van der Waals surface area contributed by atoms with E-state index in [1.54, 1.807) is 0 Å². The van der Waals surface area contributed by atoms with E-state index in [4.69, 9.17) is 10.2 Å². The number of aliphatic hydroxyl groups is 1. The van der Waals surface area contributed by atoms with Crippen molar-refractivity contribution in [3.8, 4) is 0 Å². The summed E-state index contributed by atoms with van der Waals surface area (Å²) >= 11 is 2.39. The number of alkyl halides is 3. The molecule has 1 aromatic carbocycles. The Morgan fingerprint density at radius 2 is 1.88 bits per heavy atom. The molecule has 0 bridgehead atoms. The van der Waals surface area contributed by atoms with Crippen LogP contribution in [0.3, 0.4) is 0 Å². The lowest BCUT2D eigenvalue weighted by Gasteiger charge is -2.16. The maximum absolute atomic E-state index is 13.0. The lowest BCUT2D eigenvalue weighted by molar-refractivity contribution is -0.149. The largest absolute Gasteiger partial charge is 0.479 e. The molecule has 0 amide bonds. The minimum absolute atomic E-state index is 0.585. The van der Waals surface area contributed by atoms with Gasteiger partial charge in [-0.05, 0) is 22.0 Å². The van der Waals surface area contributed by atoms with Crippen LogP contribution >= 0.6 is 15.9 Å². The van der Waals surface area contributed by atoms with E-state index < -0.39 is 39.7 Å². The van der Waals surface area contributed by atoms with Crippen LogP contribution < -0.4 is 0 Å². The van der Waals surface area contributed by atoms with Crippen molar-refractivity contribution in [2.45, 2.75) is 12.3 Å². The molecule has 0 heterocycles. The zero-order valence-corrected chi connectivity index (χ0v) is 9.51. The smallest absolute Gasteiger partial charge is 0.417 e. The molecule has 0 aliphatic carbocycles. The van der Waals surface area contributed by atoms with E-state index in [2.05, 4.69) is 15.9 Å². The highest BCUT2D eigenvalue weighted by molar-refractivity contribution is 9.10. The highest BCUT2D eigenvalue weighted by atomic mass is 79.9. The molecule has 94 valence electrons. The standard InChI is InChI=1S/C9H5BrF4O3/c10-6-4(11)2-1-3(7(15)8(16)17)5(6)9(12,13)14/h1-2,7,15H,(H,16,17). The number of aliphatic carboxylic acids is 1. The number of hydrogen-bond donors (Lipinski definition) is 2. The van der Waals surface area contributed by atoms with Crippen LogP contribution in [-0.2, 0) is 11.0 Å². The fourth-order valence-electron chi connectivity index (χ4n) is 1.21. The summed E-state index contributed by atoms with van der Waals surface area (Å²) in [7, 11) is 0. The molecule has 0 aliphatic heterocycles. The summed E-state index contributed by atoms with van der Waals surface area (Å²) in [6.45, 7) is 0. The van der Waals surface area contributed by atoms with Crippen molar-refractivity contribution >= 4 is 21.9 Å². The molecule has 1 rings (SSSR count). The maximum Gasteiger partial charge on any atom is 0.417 e. The minimum Gasteiger partial charge on any atom is -0.479 e. The van der Waals surface area contributed by atoms with Crippen LogP contribution in [0.5, 0.6) is 0 Å². The first-order valence-corrected chi connectivity index (χ1v) is 4.91. The van der Waals surface area contributed by atoms with Gasteiger partial charge in [0.1, 0.15) is 5.82 Å². The maximum atomic E-state index is 13.0. The summed E-state index contributed by atoms with van der Waals surface area (Å²) in [5.41, 5.74) is -2.45. The molecule has 17 heavy (non-hydrogen) atoms. The quantitative estimate of drug-likeness (QED) is 0.825. The molecule has 1 aromatic rings. The van der Waals surface area contributed by atoms with Crippen LogP contribution in [0.4, 0.5) is 17.6 Å². The lowest BCUT2D eigenvalue weighted by Crippen LogP contribution is -2.18. The van der Waals surface area contributed by atoms with Gasteiger partial charge in [0.2, 0.25) is 0 Å². The number of carboxylic acid groups (broad SMARTS) is 1. The number of carboxylic acids is 1. The first-order chi connectivity index (χ1) is 7.66. The van der Waals surface area contributed by atoms with Gasteiger partial charge in [0.15, 0.2) is 6.10 Å². The van der Waals surface area contributed by atoms with Crippen molar-refractivity contribution < 1.29 is 32.6 Å². The summed E-state index contributed by atoms with van der Waals surface area (Å²) in [4.78, 5) is 10.4. The first-order valence-electron chi connectivity index (χ1n) is 4.12. The molecule has 1 atom stereocenters. The number of benzene rings is 1. The first kappa shape index (κ1) is 13.9. The van der Waals surface area contributed by atoms with Crippen LogP contribution in [0.1, 0.15) is 17.2 Å². The van der Waals surface area contributed by atoms with Gasteiger partial charge >= 0.3 is 12.1 Å². The average molecular weight is 317 g/mol. The molecule has 0 fully saturated rings. The highest BCUT2D eigenvalue weighted by Crippen LogP contribution is 2.40. The highest BCUT2D eigenvalue weighted by Gasteiger charge is 2.39. The number of hydrogen-bond acceptors (Lipinski definition) is 2. The summed E-state index contributed by atoms with van der Waals surface area (Å²) in [5.74, 6) is -3.05. The van der Waals surface area contributed by atoms with Crippen molar-refractivity contribution in [3.63, 3.8) is 0 Å². The van der Waals surface area contributed by atoms with Gasteiger partial charge in [-0.2, -0.15) is 13.2 Å². The third-order valence-electron chi connectivity index (χ3n) is 1.94. The Labute approximate surface area is 101 Å². The van der Waals surface area contributed by atoms with E-state index in [1.165, 1.54) is 0 Å². The molecular formula is C9H5BrF4O3. The van der Waals surface area contributed by atoms with E-state index in [9.17, 15) is 22.4 Å². The van der Waals surface area contributed by atoms with Crippen LogP contribution in [0.25, 0.3) is 0 Å². The molecule has 0 aliphatic rings. The van der Waals surface area contributed by atoms with Crippen molar-refractivity contribution in [2.75, 3.05) is 0 Å². The molecule has 1 unspecified atom stereocenters. The predicted molar refractivity (Wildman–Crippen MR) is 51.7 cm³/mol. The Hall–Kier alpha value is -1.15. The Kier molecular flexibility index (Phi) is 3.78. The monoisotopic (exact) mass is 316 g/mol. The van der Waals surface area contributed by atoms with Gasteiger partial charge < -0.3 is 10.2 Å². The predicted octanol–water partition coefficient (Wildman–Crippen LogP) is 2.72. The molecule has 0 saturated heterocycles. The van der Waals surface area contributed by atoms with Crippen LogP contribution in [0.15, 0.2) is 16.6 Å². The van der Waals surface area contributed by atoms with Gasteiger partial charge in [0.25, 0.3) is 0 Å². The average Bonchev–Trinajstić information content (AvgIpc) is 2.18. The lowest BCUT2D eigenvalue weighted by atomic mass is 10.0. The van der Waals surface area contributed by atoms with E-state index in [1.807, 2.05) is 0 Å². The van der Waals surface area contributed by atoms with Crippen LogP contribution in [-0.4, -0.2) is 16.2 Å². The number of rotatable bonds is 2. The molecule has 0 spiro atoms. The number of aliphatic hydroxyl groups excluding tert-OH is 1. The van der Waals surface area contributed by atoms with Crippen LogP contribution in [0.2, 0.25) is 0 Å². The topological polar surface area (TPSA) is 57.5 Å². The SMILES string of the molecule is O=C(O)C(O)c1ccc(F)c(Br)c1C(F)(F)F. The number of halogens is 5. The van der Waals surface area contributed by atoms with E-state index in [-0.39, 0.29) is 0 Å². The Bertz CT molecular complexity index is 458. The van der Waals surface area contributed by atoms with Gasteiger partial charge in [-0.3, -0.25) is 0 Å². The van der Waals surface area contributed by atoms with E-state index >= 15 is 0 Å². The Balaban J connectivity index is 3.52. The van der Waals surface area contributed by atoms with E-state index in [0.717, 1.165) is 0 Å². The van der Waals surface area contributed by atoms with Crippen molar-refractivity contribution in [2.24, 2.45) is 0 Å². The fraction of sp³-hybridized carbons (Fsp3) is 0.222. The number of carbonyl (C=O) groups is 1. The second-order valence-corrected chi connectivity index (χ2v) is 3.86.